The molecule has 0 spiro atoms. The summed E-state index contributed by atoms with van der Waals surface area (Å²) in [6, 6.07) is 16.7. The van der Waals surface area contributed by atoms with Gasteiger partial charge in [-0.05, 0) is 48.5 Å². The van der Waals surface area contributed by atoms with Gasteiger partial charge in [-0.2, -0.15) is 0 Å². The van der Waals surface area contributed by atoms with Crippen molar-refractivity contribution in [3.63, 3.8) is 0 Å². The van der Waals surface area contributed by atoms with Crippen molar-refractivity contribution in [2.75, 3.05) is 10.0 Å². The molecule has 3 rings (SSSR count). The number of nitrogens with one attached hydrogen (secondary N) is 3. The summed E-state index contributed by atoms with van der Waals surface area (Å²) < 4.78 is 27.6. The summed E-state index contributed by atoms with van der Waals surface area (Å²) in [5.74, 6) is -1.68. The molecule has 0 saturated carbocycles. The van der Waals surface area contributed by atoms with Crippen LogP contribution in [0.25, 0.3) is 0 Å². The molecule has 0 fully saturated rings. The van der Waals surface area contributed by atoms with Crippen LogP contribution in [0.3, 0.4) is 0 Å². The quantitative estimate of drug-likeness (QED) is 0.454. The summed E-state index contributed by atoms with van der Waals surface area (Å²) in [7, 11) is -4.01. The van der Waals surface area contributed by atoms with Gasteiger partial charge in [-0.3, -0.25) is 9.52 Å². The highest BCUT2D eigenvalue weighted by atomic mass is 32.2. The Bertz CT molecular complexity index is 1220. The molecule has 0 aliphatic heterocycles. The van der Waals surface area contributed by atoms with E-state index in [4.69, 9.17) is 5.11 Å². The molecule has 0 atom stereocenters. The van der Waals surface area contributed by atoms with Crippen LogP contribution in [-0.4, -0.2) is 25.4 Å². The van der Waals surface area contributed by atoms with E-state index in [0.29, 0.717) is 5.69 Å². The first-order valence-electron chi connectivity index (χ1n) is 8.54. The summed E-state index contributed by atoms with van der Waals surface area (Å²) in [5.41, 5.74) is 0.928. The number of benzene rings is 3. The first kappa shape index (κ1) is 20.7. The topological polar surface area (TPSA) is 144 Å². The fourth-order valence-electron chi connectivity index (χ4n) is 2.56. The van der Waals surface area contributed by atoms with Gasteiger partial charge in [0.15, 0.2) is 0 Å². The lowest BCUT2D eigenvalue weighted by Gasteiger charge is -2.10. The average molecular weight is 426 g/mol. The normalized spacial score (nSPS) is 10.8. The molecule has 3 aromatic carbocycles. The molecular weight excluding hydrogens is 410 g/mol. The Labute approximate surface area is 171 Å². The minimum atomic E-state index is -4.01. The Morgan fingerprint density at radius 3 is 2.20 bits per heavy atom. The highest BCUT2D eigenvalue weighted by Crippen LogP contribution is 2.19. The maximum absolute atomic E-state index is 12.6. The molecule has 0 radical (unpaired) electrons. The molecule has 9 nitrogen and oxygen atoms in total. The largest absolute Gasteiger partial charge is 0.478 e. The van der Waals surface area contributed by atoms with Crippen molar-refractivity contribution < 1.29 is 28.3 Å². The summed E-state index contributed by atoms with van der Waals surface area (Å²) in [6.07, 6.45) is 0. The van der Waals surface area contributed by atoms with Crippen molar-refractivity contribution in [1.82, 2.24) is 0 Å². The van der Waals surface area contributed by atoms with Gasteiger partial charge in [0.1, 0.15) is 0 Å². The molecule has 0 aromatic heterocycles. The number of carboxylic acid groups (broad SMARTS) is 1. The van der Waals surface area contributed by atoms with E-state index in [0.717, 1.165) is 0 Å². The Kier molecular flexibility index (Phi) is 5.88. The third-order valence-corrected chi connectivity index (χ3v) is 5.41. The first-order valence-corrected chi connectivity index (χ1v) is 10.0. The predicted molar refractivity (Wildman–Crippen MR) is 109 cm³/mol. The molecule has 0 aliphatic carbocycles. The molecule has 0 bridgehead atoms. The summed E-state index contributed by atoms with van der Waals surface area (Å²) >= 11 is 0. The highest BCUT2D eigenvalue weighted by Gasteiger charge is 2.17. The van der Waals surface area contributed by atoms with Crippen LogP contribution in [0.4, 0.5) is 17.1 Å². The highest BCUT2D eigenvalue weighted by molar-refractivity contribution is 7.92. The lowest BCUT2D eigenvalue weighted by molar-refractivity contribution is -0.379. The number of carbonyl (C=O) groups is 2. The number of carbonyl (C=O) groups excluding carboxylic acids is 1. The van der Waals surface area contributed by atoms with Crippen molar-refractivity contribution in [1.29, 1.82) is 0 Å². The summed E-state index contributed by atoms with van der Waals surface area (Å²) in [6.45, 7) is 0. The average Bonchev–Trinajstić information content (AvgIpc) is 2.74. The maximum atomic E-state index is 12.6. The number of aromatic carboxylic acids is 1. The number of rotatable bonds is 7. The Morgan fingerprint density at radius 1 is 0.833 bits per heavy atom. The van der Waals surface area contributed by atoms with E-state index in [2.05, 4.69) is 10.0 Å². The van der Waals surface area contributed by atoms with E-state index in [1.807, 2.05) is 0 Å². The monoisotopic (exact) mass is 426 g/mol. The van der Waals surface area contributed by atoms with Crippen LogP contribution in [0.1, 0.15) is 20.7 Å². The SMILES string of the molecule is O=[NH+]c1cccc(NC(=O)c2cccc(S(=O)(=O)Nc3ccc(C(=O)O)cc3)c2)c1. The second-order valence-corrected chi connectivity index (χ2v) is 7.84. The van der Waals surface area contributed by atoms with Crippen molar-refractivity contribution >= 4 is 39.0 Å². The molecule has 3 aromatic rings. The molecular formula is C20H16N3O6S+. The van der Waals surface area contributed by atoms with Crippen molar-refractivity contribution in [3.8, 4) is 0 Å². The van der Waals surface area contributed by atoms with Crippen molar-refractivity contribution in [3.05, 3.63) is 88.8 Å². The third kappa shape index (κ3) is 4.86. The predicted octanol–water partition coefficient (Wildman–Crippen LogP) is 1.92. The number of amides is 1. The van der Waals surface area contributed by atoms with Crippen molar-refractivity contribution in [2.45, 2.75) is 4.90 Å². The lowest BCUT2D eigenvalue weighted by Crippen LogP contribution is -2.55. The van der Waals surface area contributed by atoms with E-state index in [-0.39, 0.29) is 27.4 Å². The molecule has 30 heavy (non-hydrogen) atoms. The van der Waals surface area contributed by atoms with Gasteiger partial charge in [0, 0.05) is 39.2 Å². The van der Waals surface area contributed by atoms with Gasteiger partial charge in [0.25, 0.3) is 21.6 Å². The van der Waals surface area contributed by atoms with Gasteiger partial charge in [0.2, 0.25) is 0 Å². The second kappa shape index (κ2) is 8.53. The first-order chi connectivity index (χ1) is 14.3. The zero-order valence-corrected chi connectivity index (χ0v) is 16.1. The van der Waals surface area contributed by atoms with Gasteiger partial charge in [-0.25, -0.2) is 13.2 Å². The molecule has 152 valence electrons. The number of hydrogen-bond donors (Lipinski definition) is 4. The molecule has 4 N–H and O–H groups in total. The fraction of sp³-hybridized carbons (Fsp3) is 0. The zero-order chi connectivity index (χ0) is 21.7. The van der Waals surface area contributed by atoms with Crippen LogP contribution in [0.5, 0.6) is 0 Å². The second-order valence-electron chi connectivity index (χ2n) is 6.15. The molecule has 0 unspecified atom stereocenters. The third-order valence-electron chi connectivity index (χ3n) is 4.03. The van der Waals surface area contributed by atoms with Crippen LogP contribution in [0, 0.1) is 4.91 Å². The van der Waals surface area contributed by atoms with Gasteiger partial charge in [-0.15, -0.1) is 0 Å². The molecule has 10 heteroatoms. The Morgan fingerprint density at radius 2 is 1.53 bits per heavy atom. The number of sulfonamides is 1. The van der Waals surface area contributed by atoms with Crippen LogP contribution < -0.4 is 15.2 Å². The van der Waals surface area contributed by atoms with Crippen LogP contribution in [0.15, 0.2) is 77.7 Å². The Hall–Kier alpha value is -4.05. The van der Waals surface area contributed by atoms with Crippen LogP contribution >= 0.6 is 0 Å². The number of hydrogen-bond acceptors (Lipinski definition) is 5. The van der Waals surface area contributed by atoms with Crippen LogP contribution in [0.2, 0.25) is 0 Å². The van der Waals surface area contributed by atoms with Gasteiger partial charge in [-0.1, -0.05) is 12.1 Å². The summed E-state index contributed by atoms with van der Waals surface area (Å²) in [5, 5.41) is 13.2. The zero-order valence-electron chi connectivity index (χ0n) is 15.3. The smallest absolute Gasteiger partial charge is 0.335 e. The number of anilines is 2. The molecule has 0 heterocycles. The summed E-state index contributed by atoms with van der Waals surface area (Å²) in [4.78, 5) is 33.9. The minimum absolute atomic E-state index is 0.0212. The van der Waals surface area contributed by atoms with Gasteiger partial charge >= 0.3 is 5.97 Å². The number of carboxylic acids is 1. The molecule has 1 amide bonds. The van der Waals surface area contributed by atoms with E-state index in [1.165, 1.54) is 60.7 Å². The van der Waals surface area contributed by atoms with E-state index >= 15 is 0 Å². The van der Waals surface area contributed by atoms with Gasteiger partial charge in [0.05, 0.1) is 10.5 Å². The number of nitroso groups, excluding NO2 is 1. The standard InChI is InChI=1S/C20H15N3O6S/c24-19(21-16-4-2-5-17(12-16)22-27)14-3-1-6-18(11-14)30(28,29)23-15-9-7-13(8-10-15)20(25)26/h1-12,23H,(H,21,24)(H,25,26)/p+1. The van der Waals surface area contributed by atoms with Crippen molar-refractivity contribution in [2.24, 2.45) is 0 Å². The van der Waals surface area contributed by atoms with E-state index in [9.17, 15) is 22.9 Å². The van der Waals surface area contributed by atoms with E-state index in [1.54, 1.807) is 17.3 Å². The lowest BCUT2D eigenvalue weighted by atomic mass is 10.2. The van der Waals surface area contributed by atoms with E-state index < -0.39 is 21.9 Å². The molecule has 0 saturated heterocycles. The molecule has 0 aliphatic rings. The van der Waals surface area contributed by atoms with Crippen LogP contribution in [-0.2, 0) is 10.0 Å². The maximum Gasteiger partial charge on any atom is 0.335 e. The van der Waals surface area contributed by atoms with Gasteiger partial charge < -0.3 is 10.4 Å². The minimum Gasteiger partial charge on any atom is -0.478 e. The fourth-order valence-corrected chi connectivity index (χ4v) is 3.67. The Balaban J connectivity index is 1.79.